The van der Waals surface area contributed by atoms with Gasteiger partial charge in [0, 0.05) is 6.07 Å². The summed E-state index contributed by atoms with van der Waals surface area (Å²) in [7, 11) is -2.00. The first-order valence-corrected chi connectivity index (χ1v) is 7.91. The van der Waals surface area contributed by atoms with Crippen LogP contribution in [0.4, 0.5) is 5.69 Å². The first kappa shape index (κ1) is 16.3. The van der Waals surface area contributed by atoms with E-state index in [-0.39, 0.29) is 11.2 Å². The highest BCUT2D eigenvalue weighted by Gasteiger charge is 2.18. The van der Waals surface area contributed by atoms with Crippen LogP contribution in [0.5, 0.6) is 5.75 Å². The fourth-order valence-corrected chi connectivity index (χ4v) is 2.99. The summed E-state index contributed by atoms with van der Waals surface area (Å²) in [5.41, 5.74) is 0.712. The summed E-state index contributed by atoms with van der Waals surface area (Å²) < 4.78 is 31.7. The molecule has 110 valence electrons. The molecule has 0 fully saturated rings. The second-order valence-electron chi connectivity index (χ2n) is 5.76. The van der Waals surface area contributed by atoms with Crippen LogP contribution in [0.2, 0.25) is 0 Å². The van der Waals surface area contributed by atoms with Crippen LogP contribution in [-0.4, -0.2) is 21.3 Å². The molecule has 0 aliphatic carbocycles. The van der Waals surface area contributed by atoms with E-state index in [9.17, 15) is 8.42 Å². The summed E-state index contributed by atoms with van der Waals surface area (Å²) in [6.07, 6.45) is 0.556. The van der Waals surface area contributed by atoms with E-state index in [4.69, 9.17) is 10.00 Å². The summed E-state index contributed by atoms with van der Waals surface area (Å²) in [6.45, 7) is 5.97. The number of benzene rings is 1. The van der Waals surface area contributed by atoms with Gasteiger partial charge in [0.25, 0.3) is 0 Å². The minimum absolute atomic E-state index is 0.0413. The molecule has 0 aliphatic heterocycles. The molecule has 1 rings (SSSR count). The Labute approximate surface area is 120 Å². The van der Waals surface area contributed by atoms with E-state index in [1.807, 2.05) is 26.8 Å². The molecule has 0 spiro atoms. The minimum atomic E-state index is -3.43. The number of hydrogen-bond donors (Lipinski definition) is 1. The van der Waals surface area contributed by atoms with Crippen LogP contribution in [0, 0.1) is 16.7 Å². The lowest BCUT2D eigenvalue weighted by molar-refractivity contribution is 0.397. The van der Waals surface area contributed by atoms with Gasteiger partial charge < -0.3 is 4.74 Å². The number of nitriles is 1. The third-order valence-electron chi connectivity index (χ3n) is 2.72. The molecular weight excluding hydrogens is 276 g/mol. The SMILES string of the molecule is COc1cc(C#N)ccc1NS(=O)(=O)CCC(C)(C)C. The Morgan fingerprint density at radius 2 is 2.00 bits per heavy atom. The van der Waals surface area contributed by atoms with Gasteiger partial charge in [-0.3, -0.25) is 4.72 Å². The lowest BCUT2D eigenvalue weighted by Gasteiger charge is -2.18. The van der Waals surface area contributed by atoms with Gasteiger partial charge in [-0.25, -0.2) is 8.42 Å². The molecule has 0 unspecified atom stereocenters. The number of nitrogens with one attached hydrogen (secondary N) is 1. The Balaban J connectivity index is 2.90. The fourth-order valence-electron chi connectivity index (χ4n) is 1.50. The maximum absolute atomic E-state index is 12.0. The standard InChI is InChI=1S/C14H20N2O3S/c1-14(2,3)7-8-20(17,18)16-12-6-5-11(10-15)9-13(12)19-4/h5-6,9,16H,7-8H2,1-4H3. The monoisotopic (exact) mass is 296 g/mol. The molecule has 0 aromatic heterocycles. The summed E-state index contributed by atoms with van der Waals surface area (Å²) in [5.74, 6) is 0.378. The van der Waals surface area contributed by atoms with Crippen molar-refractivity contribution < 1.29 is 13.2 Å². The smallest absolute Gasteiger partial charge is 0.232 e. The van der Waals surface area contributed by atoms with Crippen molar-refractivity contribution >= 4 is 15.7 Å². The van der Waals surface area contributed by atoms with E-state index < -0.39 is 10.0 Å². The summed E-state index contributed by atoms with van der Waals surface area (Å²) in [6, 6.07) is 6.56. The normalized spacial score (nSPS) is 11.8. The second kappa shape index (κ2) is 6.14. The van der Waals surface area contributed by atoms with Gasteiger partial charge >= 0.3 is 0 Å². The Bertz CT molecular complexity index is 610. The lowest BCUT2D eigenvalue weighted by Crippen LogP contribution is -2.21. The molecule has 0 radical (unpaired) electrons. The van der Waals surface area contributed by atoms with Gasteiger partial charge in [0.2, 0.25) is 10.0 Å². The molecule has 0 aliphatic rings. The molecule has 1 aromatic carbocycles. The molecule has 0 bridgehead atoms. The number of sulfonamides is 1. The van der Waals surface area contributed by atoms with Gasteiger partial charge in [0.05, 0.1) is 30.2 Å². The van der Waals surface area contributed by atoms with Crippen molar-refractivity contribution in [3.05, 3.63) is 23.8 Å². The molecule has 6 heteroatoms. The second-order valence-corrected chi connectivity index (χ2v) is 7.60. The van der Waals surface area contributed by atoms with Crippen LogP contribution < -0.4 is 9.46 Å². The van der Waals surface area contributed by atoms with Crippen LogP contribution >= 0.6 is 0 Å². The fraction of sp³-hybridized carbons (Fsp3) is 0.500. The minimum Gasteiger partial charge on any atom is -0.495 e. The van der Waals surface area contributed by atoms with Gasteiger partial charge in [0.1, 0.15) is 5.75 Å². The van der Waals surface area contributed by atoms with E-state index >= 15 is 0 Å². The lowest BCUT2D eigenvalue weighted by atomic mass is 9.94. The average molecular weight is 296 g/mol. The van der Waals surface area contributed by atoms with Crippen LogP contribution in [0.1, 0.15) is 32.8 Å². The van der Waals surface area contributed by atoms with E-state index in [1.165, 1.54) is 19.2 Å². The van der Waals surface area contributed by atoms with Gasteiger partial charge in [-0.05, 0) is 24.0 Å². The van der Waals surface area contributed by atoms with Crippen molar-refractivity contribution in [2.24, 2.45) is 5.41 Å². The molecule has 0 amide bonds. The van der Waals surface area contributed by atoms with Crippen molar-refractivity contribution in [3.8, 4) is 11.8 Å². The zero-order chi connectivity index (χ0) is 15.4. The van der Waals surface area contributed by atoms with Crippen LogP contribution in [0.15, 0.2) is 18.2 Å². The van der Waals surface area contributed by atoms with E-state index in [1.54, 1.807) is 6.07 Å². The number of methoxy groups -OCH3 is 1. The predicted molar refractivity (Wildman–Crippen MR) is 79.2 cm³/mol. The Morgan fingerprint density at radius 3 is 2.50 bits per heavy atom. The number of nitrogens with zero attached hydrogens (tertiary/aromatic N) is 1. The third kappa shape index (κ3) is 5.10. The highest BCUT2D eigenvalue weighted by molar-refractivity contribution is 7.92. The van der Waals surface area contributed by atoms with Crippen molar-refractivity contribution in [1.29, 1.82) is 5.26 Å². The average Bonchev–Trinajstić information content (AvgIpc) is 2.36. The zero-order valence-electron chi connectivity index (χ0n) is 12.2. The molecule has 1 N–H and O–H groups in total. The molecule has 5 nitrogen and oxygen atoms in total. The van der Waals surface area contributed by atoms with Gasteiger partial charge in [0.15, 0.2) is 0 Å². The molecule has 0 saturated heterocycles. The van der Waals surface area contributed by atoms with E-state index in [0.717, 1.165) is 0 Å². The molecule has 0 atom stereocenters. The molecular formula is C14H20N2O3S. The summed E-state index contributed by atoms with van der Waals surface area (Å²) in [4.78, 5) is 0. The van der Waals surface area contributed by atoms with E-state index in [2.05, 4.69) is 4.72 Å². The van der Waals surface area contributed by atoms with Crippen molar-refractivity contribution in [2.45, 2.75) is 27.2 Å². The zero-order valence-corrected chi connectivity index (χ0v) is 13.0. The summed E-state index contributed by atoms with van der Waals surface area (Å²) in [5, 5.41) is 8.81. The Kier molecular flexibility index (Phi) is 5.01. The van der Waals surface area contributed by atoms with Crippen LogP contribution in [0.25, 0.3) is 0 Å². The van der Waals surface area contributed by atoms with Gasteiger partial charge in [-0.1, -0.05) is 20.8 Å². The maximum atomic E-state index is 12.0. The number of anilines is 1. The molecule has 0 saturated carbocycles. The van der Waals surface area contributed by atoms with Crippen molar-refractivity contribution in [2.75, 3.05) is 17.6 Å². The number of rotatable bonds is 5. The first-order chi connectivity index (χ1) is 9.17. The molecule has 20 heavy (non-hydrogen) atoms. The van der Waals surface area contributed by atoms with Gasteiger partial charge in [-0.15, -0.1) is 0 Å². The molecule has 0 heterocycles. The Hall–Kier alpha value is -1.74. The molecule has 1 aromatic rings. The van der Waals surface area contributed by atoms with E-state index in [0.29, 0.717) is 23.4 Å². The van der Waals surface area contributed by atoms with Crippen LogP contribution in [-0.2, 0) is 10.0 Å². The van der Waals surface area contributed by atoms with Crippen LogP contribution in [0.3, 0.4) is 0 Å². The Morgan fingerprint density at radius 1 is 1.35 bits per heavy atom. The number of ether oxygens (including phenoxy) is 1. The third-order valence-corrected chi connectivity index (χ3v) is 3.99. The number of hydrogen-bond acceptors (Lipinski definition) is 4. The van der Waals surface area contributed by atoms with Gasteiger partial charge in [-0.2, -0.15) is 5.26 Å². The quantitative estimate of drug-likeness (QED) is 0.906. The predicted octanol–water partition coefficient (Wildman–Crippen LogP) is 2.74. The van der Waals surface area contributed by atoms with Crippen molar-refractivity contribution in [3.63, 3.8) is 0 Å². The highest BCUT2D eigenvalue weighted by atomic mass is 32.2. The topological polar surface area (TPSA) is 79.2 Å². The summed E-state index contributed by atoms with van der Waals surface area (Å²) >= 11 is 0. The largest absolute Gasteiger partial charge is 0.495 e. The maximum Gasteiger partial charge on any atom is 0.232 e. The van der Waals surface area contributed by atoms with Crippen molar-refractivity contribution in [1.82, 2.24) is 0 Å². The highest BCUT2D eigenvalue weighted by Crippen LogP contribution is 2.27. The first-order valence-electron chi connectivity index (χ1n) is 6.25.